The Morgan fingerprint density at radius 2 is 2.09 bits per heavy atom. The number of aromatic nitrogens is 3. The molecule has 0 aliphatic carbocycles. The summed E-state index contributed by atoms with van der Waals surface area (Å²) in [5.41, 5.74) is 1.08. The number of carbonyl (C=O) groups is 1. The van der Waals surface area contributed by atoms with E-state index in [1.807, 2.05) is 4.90 Å². The zero-order chi connectivity index (χ0) is 15.1. The molecule has 4 heterocycles. The molecule has 22 heavy (non-hydrogen) atoms. The predicted octanol–water partition coefficient (Wildman–Crippen LogP) is 0.435. The van der Waals surface area contributed by atoms with Gasteiger partial charge in [-0.3, -0.25) is 9.69 Å². The van der Waals surface area contributed by atoms with Crippen molar-refractivity contribution in [3.8, 4) is 0 Å². The van der Waals surface area contributed by atoms with Crippen molar-refractivity contribution in [1.29, 1.82) is 0 Å². The van der Waals surface area contributed by atoms with Gasteiger partial charge in [-0.05, 0) is 19.3 Å². The maximum atomic E-state index is 11.5. The van der Waals surface area contributed by atoms with E-state index in [0.717, 1.165) is 51.1 Å². The molecular weight excluding hydrogens is 282 g/mol. The lowest BCUT2D eigenvalue weighted by Crippen LogP contribution is -2.54. The van der Waals surface area contributed by atoms with Crippen molar-refractivity contribution in [3.63, 3.8) is 0 Å². The monoisotopic (exact) mass is 305 g/mol. The third kappa shape index (κ3) is 2.42. The van der Waals surface area contributed by atoms with Gasteiger partial charge in [0.15, 0.2) is 0 Å². The number of carbonyl (C=O) groups excluding carboxylic acids is 1. The van der Waals surface area contributed by atoms with Crippen molar-refractivity contribution in [2.45, 2.75) is 51.0 Å². The lowest BCUT2D eigenvalue weighted by molar-refractivity contribution is -0.130. The molecule has 120 valence electrons. The molecule has 3 aliphatic heterocycles. The Balaban J connectivity index is 1.43. The standard InChI is InChI=1S/C15H23N5O2/c1-11(21)18-5-2-12(3-6-18)19-7-4-15-14(9-19)20-13(10-22-15)8-16-17-20/h8,12,14-15H,2-7,9-10H2,1H3/t14-,15+/m0/s1. The van der Waals surface area contributed by atoms with E-state index < -0.39 is 0 Å². The minimum atomic E-state index is 0.199. The zero-order valence-electron chi connectivity index (χ0n) is 13.0. The van der Waals surface area contributed by atoms with Crippen molar-refractivity contribution >= 4 is 5.91 Å². The number of likely N-dealkylation sites (tertiary alicyclic amines) is 2. The Kier molecular flexibility index (Phi) is 3.62. The summed E-state index contributed by atoms with van der Waals surface area (Å²) < 4.78 is 8.03. The van der Waals surface area contributed by atoms with Crippen molar-refractivity contribution in [1.82, 2.24) is 24.8 Å². The predicted molar refractivity (Wildman–Crippen MR) is 79.1 cm³/mol. The molecule has 0 aromatic carbocycles. The Morgan fingerprint density at radius 3 is 2.86 bits per heavy atom. The van der Waals surface area contributed by atoms with E-state index in [1.165, 1.54) is 0 Å². The second-order valence-corrected chi connectivity index (χ2v) is 6.61. The second-order valence-electron chi connectivity index (χ2n) is 6.61. The molecule has 0 radical (unpaired) electrons. The molecule has 7 heteroatoms. The highest BCUT2D eigenvalue weighted by Gasteiger charge is 2.39. The van der Waals surface area contributed by atoms with Crippen LogP contribution in [0.2, 0.25) is 0 Å². The fourth-order valence-electron chi connectivity index (χ4n) is 4.08. The second kappa shape index (κ2) is 5.62. The summed E-state index contributed by atoms with van der Waals surface area (Å²) in [4.78, 5) is 16.0. The summed E-state index contributed by atoms with van der Waals surface area (Å²) in [5, 5.41) is 8.30. The fraction of sp³-hybridized carbons (Fsp3) is 0.800. The van der Waals surface area contributed by atoms with Crippen molar-refractivity contribution in [2.75, 3.05) is 26.2 Å². The lowest BCUT2D eigenvalue weighted by Gasteiger charge is -2.45. The van der Waals surface area contributed by atoms with Gasteiger partial charge in [0.1, 0.15) is 0 Å². The van der Waals surface area contributed by atoms with Crippen LogP contribution in [0.4, 0.5) is 0 Å². The topological polar surface area (TPSA) is 63.5 Å². The molecule has 2 saturated heterocycles. The number of amides is 1. The van der Waals surface area contributed by atoms with Crippen LogP contribution < -0.4 is 0 Å². The number of hydrogen-bond donors (Lipinski definition) is 0. The quantitative estimate of drug-likeness (QED) is 0.753. The summed E-state index contributed by atoms with van der Waals surface area (Å²) in [6.45, 7) is 6.12. The summed E-state index contributed by atoms with van der Waals surface area (Å²) in [6.07, 6.45) is 5.27. The van der Waals surface area contributed by atoms with Crippen LogP contribution in [0.15, 0.2) is 6.20 Å². The van der Waals surface area contributed by atoms with E-state index in [4.69, 9.17) is 4.74 Å². The van der Waals surface area contributed by atoms with Crippen LogP contribution in [0, 0.1) is 0 Å². The highest BCUT2D eigenvalue weighted by Crippen LogP contribution is 2.32. The van der Waals surface area contributed by atoms with Crippen LogP contribution in [0.3, 0.4) is 0 Å². The normalized spacial score (nSPS) is 30.0. The molecular formula is C15H23N5O2. The minimum absolute atomic E-state index is 0.199. The maximum Gasteiger partial charge on any atom is 0.219 e. The molecule has 0 unspecified atom stereocenters. The molecule has 1 aromatic heterocycles. The van der Waals surface area contributed by atoms with Crippen LogP contribution in [0.25, 0.3) is 0 Å². The van der Waals surface area contributed by atoms with Gasteiger partial charge in [0.2, 0.25) is 5.91 Å². The molecule has 4 rings (SSSR count). The van der Waals surface area contributed by atoms with Gasteiger partial charge in [0.25, 0.3) is 0 Å². The first-order chi connectivity index (χ1) is 10.7. The highest BCUT2D eigenvalue weighted by molar-refractivity contribution is 5.73. The van der Waals surface area contributed by atoms with Gasteiger partial charge in [-0.1, -0.05) is 5.21 Å². The number of nitrogens with zero attached hydrogens (tertiary/aromatic N) is 5. The maximum absolute atomic E-state index is 11.5. The Hall–Kier alpha value is -1.47. The SMILES string of the molecule is CC(=O)N1CCC(N2CC[C@H]3OCc4cnnn4[C@H]3C2)CC1. The van der Waals surface area contributed by atoms with Gasteiger partial charge in [-0.2, -0.15) is 0 Å². The van der Waals surface area contributed by atoms with Crippen molar-refractivity contribution in [2.24, 2.45) is 0 Å². The summed E-state index contributed by atoms with van der Waals surface area (Å²) in [5.74, 6) is 0.199. The van der Waals surface area contributed by atoms with E-state index in [1.54, 1.807) is 13.1 Å². The minimum Gasteiger partial charge on any atom is -0.370 e. The first-order valence-corrected chi connectivity index (χ1v) is 8.22. The molecule has 2 atom stereocenters. The molecule has 0 spiro atoms. The van der Waals surface area contributed by atoms with Gasteiger partial charge in [-0.15, -0.1) is 5.10 Å². The van der Waals surface area contributed by atoms with Gasteiger partial charge in [0.05, 0.1) is 30.6 Å². The largest absolute Gasteiger partial charge is 0.370 e. The number of rotatable bonds is 1. The van der Waals surface area contributed by atoms with Crippen LogP contribution in [-0.2, 0) is 16.1 Å². The molecule has 1 amide bonds. The van der Waals surface area contributed by atoms with Crippen LogP contribution in [-0.4, -0.2) is 69.0 Å². The van der Waals surface area contributed by atoms with Gasteiger partial charge < -0.3 is 9.64 Å². The third-order valence-electron chi connectivity index (χ3n) is 5.39. The number of hydrogen-bond acceptors (Lipinski definition) is 5. The molecule has 2 fully saturated rings. The zero-order valence-corrected chi connectivity index (χ0v) is 13.0. The van der Waals surface area contributed by atoms with Crippen molar-refractivity contribution < 1.29 is 9.53 Å². The van der Waals surface area contributed by atoms with Crippen molar-refractivity contribution in [3.05, 3.63) is 11.9 Å². The van der Waals surface area contributed by atoms with Crippen LogP contribution in [0.1, 0.15) is 37.9 Å². The van der Waals surface area contributed by atoms with Gasteiger partial charge in [-0.25, -0.2) is 4.68 Å². The third-order valence-corrected chi connectivity index (χ3v) is 5.39. The number of fused-ring (bicyclic) bond motifs is 3. The molecule has 1 aromatic rings. The number of piperidine rings is 2. The highest BCUT2D eigenvalue weighted by atomic mass is 16.5. The lowest BCUT2D eigenvalue weighted by atomic mass is 9.95. The summed E-state index contributed by atoms with van der Waals surface area (Å²) in [6, 6.07) is 0.858. The Bertz CT molecular complexity index is 552. The smallest absolute Gasteiger partial charge is 0.219 e. The number of ether oxygens (including phenoxy) is 1. The molecule has 0 N–H and O–H groups in total. The first kappa shape index (κ1) is 14.1. The summed E-state index contributed by atoms with van der Waals surface area (Å²) >= 11 is 0. The fourth-order valence-corrected chi connectivity index (χ4v) is 4.08. The van der Waals surface area contributed by atoms with E-state index in [2.05, 4.69) is 19.9 Å². The molecule has 7 nitrogen and oxygen atoms in total. The van der Waals surface area contributed by atoms with E-state index in [-0.39, 0.29) is 18.1 Å². The first-order valence-electron chi connectivity index (χ1n) is 8.22. The van der Waals surface area contributed by atoms with E-state index in [0.29, 0.717) is 12.6 Å². The van der Waals surface area contributed by atoms with Crippen LogP contribution >= 0.6 is 0 Å². The average Bonchev–Trinajstić information content (AvgIpc) is 3.03. The summed E-state index contributed by atoms with van der Waals surface area (Å²) in [7, 11) is 0. The van der Waals surface area contributed by atoms with E-state index >= 15 is 0 Å². The van der Waals surface area contributed by atoms with Crippen LogP contribution in [0.5, 0.6) is 0 Å². The van der Waals surface area contributed by atoms with Gasteiger partial charge in [0, 0.05) is 39.1 Å². The molecule has 3 aliphatic rings. The molecule has 0 saturated carbocycles. The van der Waals surface area contributed by atoms with E-state index in [9.17, 15) is 4.79 Å². The Morgan fingerprint density at radius 1 is 1.27 bits per heavy atom. The van der Waals surface area contributed by atoms with Gasteiger partial charge >= 0.3 is 0 Å². The average molecular weight is 305 g/mol. The molecule has 0 bridgehead atoms. The Labute approximate surface area is 130 Å².